The minimum atomic E-state index is 0.546. The molecule has 2 rings (SSSR count). The zero-order valence-corrected chi connectivity index (χ0v) is 14.5. The minimum absolute atomic E-state index is 0.546. The predicted molar refractivity (Wildman–Crippen MR) is 97.6 cm³/mol. The molecule has 0 bridgehead atoms. The average Bonchev–Trinajstić information content (AvgIpc) is 2.47. The van der Waals surface area contributed by atoms with Crippen LogP contribution in [0.3, 0.4) is 0 Å². The largest absolute Gasteiger partial charge is 0.398 e. The maximum Gasteiger partial charge on any atom is 0.0781 e. The third-order valence-electron chi connectivity index (χ3n) is 3.16. The van der Waals surface area contributed by atoms with E-state index >= 15 is 0 Å². The molecule has 0 spiro atoms. The monoisotopic (exact) mass is 355 g/mol. The molecule has 6 heteroatoms. The van der Waals surface area contributed by atoms with Crippen LogP contribution in [0.25, 0.3) is 0 Å². The van der Waals surface area contributed by atoms with E-state index in [2.05, 4.69) is 5.10 Å². The molecule has 0 aromatic heterocycles. The summed E-state index contributed by atoms with van der Waals surface area (Å²) in [5, 5.41) is 8.16. The van der Waals surface area contributed by atoms with E-state index in [1.165, 1.54) is 0 Å². The topological polar surface area (TPSA) is 41.6 Å². The van der Waals surface area contributed by atoms with Crippen LogP contribution in [-0.2, 0) is 0 Å². The van der Waals surface area contributed by atoms with Crippen molar-refractivity contribution < 1.29 is 0 Å². The first kappa shape index (κ1) is 16.9. The number of halogens is 3. The SMILES string of the molecule is CCN(/N=C(\C)c1cc(Cl)ccc1N)c1ccc(Cl)cc1Cl. The average molecular weight is 357 g/mol. The molecule has 0 amide bonds. The smallest absolute Gasteiger partial charge is 0.0781 e. The molecule has 116 valence electrons. The van der Waals surface area contributed by atoms with Gasteiger partial charge in [-0.15, -0.1) is 0 Å². The van der Waals surface area contributed by atoms with E-state index < -0.39 is 0 Å². The van der Waals surface area contributed by atoms with Crippen LogP contribution in [0.5, 0.6) is 0 Å². The molecule has 0 atom stereocenters. The maximum absolute atomic E-state index is 6.25. The number of hydrogen-bond donors (Lipinski definition) is 1. The summed E-state index contributed by atoms with van der Waals surface area (Å²) in [5.41, 5.74) is 8.97. The highest BCUT2D eigenvalue weighted by Crippen LogP contribution is 2.29. The molecule has 0 heterocycles. The fourth-order valence-corrected chi connectivity index (χ4v) is 2.74. The van der Waals surface area contributed by atoms with E-state index in [1.54, 1.807) is 35.3 Å². The zero-order chi connectivity index (χ0) is 16.3. The minimum Gasteiger partial charge on any atom is -0.398 e. The molecule has 0 radical (unpaired) electrons. The van der Waals surface area contributed by atoms with E-state index in [0.717, 1.165) is 17.0 Å². The fourth-order valence-electron chi connectivity index (χ4n) is 2.06. The van der Waals surface area contributed by atoms with Crippen molar-refractivity contribution in [1.29, 1.82) is 0 Å². The molecule has 0 saturated heterocycles. The third kappa shape index (κ3) is 3.86. The summed E-state index contributed by atoms with van der Waals surface area (Å²) < 4.78 is 0. The second-order valence-corrected chi connectivity index (χ2v) is 6.01. The normalized spacial score (nSPS) is 11.6. The van der Waals surface area contributed by atoms with Crippen LogP contribution in [0.1, 0.15) is 19.4 Å². The number of hydrazone groups is 1. The van der Waals surface area contributed by atoms with E-state index in [-0.39, 0.29) is 0 Å². The third-order valence-corrected chi connectivity index (χ3v) is 3.94. The maximum atomic E-state index is 6.25. The van der Waals surface area contributed by atoms with Gasteiger partial charge < -0.3 is 5.73 Å². The van der Waals surface area contributed by atoms with Crippen molar-refractivity contribution in [3.63, 3.8) is 0 Å². The molecule has 0 aliphatic heterocycles. The van der Waals surface area contributed by atoms with Gasteiger partial charge in [-0.1, -0.05) is 34.8 Å². The molecule has 0 aliphatic rings. The van der Waals surface area contributed by atoms with Gasteiger partial charge in [0.1, 0.15) is 0 Å². The molecule has 2 aromatic rings. The van der Waals surface area contributed by atoms with Crippen molar-refractivity contribution in [3.05, 3.63) is 57.0 Å². The zero-order valence-electron chi connectivity index (χ0n) is 12.3. The Labute approximate surface area is 145 Å². The molecule has 22 heavy (non-hydrogen) atoms. The number of nitrogens with two attached hydrogens (primary N) is 1. The quantitative estimate of drug-likeness (QED) is 0.448. The molecule has 3 nitrogen and oxygen atoms in total. The lowest BCUT2D eigenvalue weighted by Crippen LogP contribution is -2.18. The van der Waals surface area contributed by atoms with Gasteiger partial charge >= 0.3 is 0 Å². The van der Waals surface area contributed by atoms with Gasteiger partial charge in [-0.05, 0) is 50.2 Å². The Morgan fingerprint density at radius 1 is 1.09 bits per heavy atom. The highest BCUT2D eigenvalue weighted by atomic mass is 35.5. The van der Waals surface area contributed by atoms with Crippen LogP contribution in [0.2, 0.25) is 15.1 Å². The van der Waals surface area contributed by atoms with Gasteiger partial charge in [0.2, 0.25) is 0 Å². The van der Waals surface area contributed by atoms with Crippen molar-refractivity contribution in [2.75, 3.05) is 17.3 Å². The fraction of sp³-hybridized carbons (Fsp3) is 0.188. The molecule has 0 fully saturated rings. The Morgan fingerprint density at radius 2 is 1.73 bits per heavy atom. The lowest BCUT2D eigenvalue weighted by atomic mass is 10.1. The van der Waals surface area contributed by atoms with Crippen LogP contribution < -0.4 is 10.7 Å². The van der Waals surface area contributed by atoms with E-state index in [0.29, 0.717) is 27.3 Å². The van der Waals surface area contributed by atoms with E-state index in [9.17, 15) is 0 Å². The van der Waals surface area contributed by atoms with E-state index in [4.69, 9.17) is 40.5 Å². The molecular weight excluding hydrogens is 341 g/mol. The molecular formula is C16H16Cl3N3. The number of nitrogen functional groups attached to an aromatic ring is 1. The van der Waals surface area contributed by atoms with Gasteiger partial charge in [0, 0.05) is 27.8 Å². The van der Waals surface area contributed by atoms with Crippen molar-refractivity contribution in [1.82, 2.24) is 0 Å². The molecule has 0 aliphatic carbocycles. The summed E-state index contributed by atoms with van der Waals surface area (Å²) in [5.74, 6) is 0. The number of anilines is 2. The van der Waals surface area contributed by atoms with Crippen molar-refractivity contribution in [3.8, 4) is 0 Å². The standard InChI is InChI=1S/C16H16Cl3N3/c1-3-22(16-7-5-12(18)9-14(16)19)21-10(2)13-8-11(17)4-6-15(13)20/h4-9H,3,20H2,1-2H3/b21-10+. The van der Waals surface area contributed by atoms with Crippen LogP contribution >= 0.6 is 34.8 Å². The van der Waals surface area contributed by atoms with Gasteiger partial charge in [-0.2, -0.15) is 5.10 Å². The molecule has 2 aromatic carbocycles. The molecule has 0 saturated carbocycles. The van der Waals surface area contributed by atoms with Gasteiger partial charge in [0.15, 0.2) is 0 Å². The van der Waals surface area contributed by atoms with Crippen LogP contribution in [0, 0.1) is 0 Å². The van der Waals surface area contributed by atoms with Crippen LogP contribution in [0.15, 0.2) is 41.5 Å². The summed E-state index contributed by atoms with van der Waals surface area (Å²) in [6.07, 6.45) is 0. The van der Waals surface area contributed by atoms with Gasteiger partial charge in [-0.3, -0.25) is 5.01 Å². The van der Waals surface area contributed by atoms with Crippen molar-refractivity contribution in [2.45, 2.75) is 13.8 Å². The van der Waals surface area contributed by atoms with Crippen molar-refractivity contribution >= 4 is 51.9 Å². The summed E-state index contributed by atoms with van der Waals surface area (Å²) in [6.45, 7) is 4.52. The summed E-state index contributed by atoms with van der Waals surface area (Å²) in [4.78, 5) is 0. The lowest BCUT2D eigenvalue weighted by Gasteiger charge is -2.20. The Balaban J connectivity index is 2.41. The number of benzene rings is 2. The van der Waals surface area contributed by atoms with Crippen LogP contribution in [-0.4, -0.2) is 12.3 Å². The summed E-state index contributed by atoms with van der Waals surface area (Å²) >= 11 is 18.2. The first-order valence-corrected chi connectivity index (χ1v) is 7.89. The Hall–Kier alpha value is -1.42. The Bertz CT molecular complexity index is 714. The number of nitrogens with zero attached hydrogens (tertiary/aromatic N) is 2. The highest BCUT2D eigenvalue weighted by molar-refractivity contribution is 6.36. The second kappa shape index (κ2) is 7.23. The van der Waals surface area contributed by atoms with E-state index in [1.807, 2.05) is 19.9 Å². The first-order valence-electron chi connectivity index (χ1n) is 6.75. The van der Waals surface area contributed by atoms with Gasteiger partial charge in [-0.25, -0.2) is 0 Å². The Morgan fingerprint density at radius 3 is 2.36 bits per heavy atom. The van der Waals surface area contributed by atoms with Gasteiger partial charge in [0.25, 0.3) is 0 Å². The highest BCUT2D eigenvalue weighted by Gasteiger charge is 2.11. The summed E-state index contributed by atoms with van der Waals surface area (Å²) in [7, 11) is 0. The Kier molecular flexibility index (Phi) is 5.57. The predicted octanol–water partition coefficient (Wildman–Crippen LogP) is 5.48. The lowest BCUT2D eigenvalue weighted by molar-refractivity contribution is 0.892. The molecule has 2 N–H and O–H groups in total. The summed E-state index contributed by atoms with van der Waals surface area (Å²) in [6, 6.07) is 10.6. The van der Waals surface area contributed by atoms with Crippen molar-refractivity contribution in [2.24, 2.45) is 5.10 Å². The number of rotatable bonds is 4. The van der Waals surface area contributed by atoms with Crippen LogP contribution in [0.4, 0.5) is 11.4 Å². The molecule has 0 unspecified atom stereocenters. The van der Waals surface area contributed by atoms with Gasteiger partial charge in [0.05, 0.1) is 16.4 Å². The second-order valence-electron chi connectivity index (χ2n) is 4.73. The first-order chi connectivity index (χ1) is 10.4. The number of hydrogen-bond acceptors (Lipinski definition) is 3.